The second-order valence-corrected chi connectivity index (χ2v) is 4.51. The van der Waals surface area contributed by atoms with Crippen molar-refractivity contribution in [3.05, 3.63) is 28.8 Å². The molecule has 0 spiro atoms. The van der Waals surface area contributed by atoms with E-state index in [9.17, 15) is 14.4 Å². The largest absolute Gasteiger partial charge is 0.481 e. The standard InChI is InChI=1S/C12H13ClN2O5/c13-7-3-6(4-8(14)5-7)11(18)15-9(12(19)20)1-2-10(16)17/h3-5,9H,1-2,14H2,(H,15,18)(H,16,17)(H,19,20)/t9-/m0/s1. The topological polar surface area (TPSA) is 130 Å². The lowest BCUT2D eigenvalue weighted by Crippen LogP contribution is -2.41. The van der Waals surface area contributed by atoms with Gasteiger partial charge in [0, 0.05) is 22.7 Å². The Bertz CT molecular complexity index is 526. The van der Waals surface area contributed by atoms with Crippen molar-refractivity contribution in [2.24, 2.45) is 0 Å². The summed E-state index contributed by atoms with van der Waals surface area (Å²) in [4.78, 5) is 33.3. The van der Waals surface area contributed by atoms with Gasteiger partial charge in [0.05, 0.1) is 0 Å². The molecule has 0 aliphatic carbocycles. The van der Waals surface area contributed by atoms with Crippen LogP contribution in [0.1, 0.15) is 23.2 Å². The van der Waals surface area contributed by atoms with Gasteiger partial charge in [0.2, 0.25) is 0 Å². The minimum Gasteiger partial charge on any atom is -0.481 e. The summed E-state index contributed by atoms with van der Waals surface area (Å²) in [6.07, 6.45) is -0.582. The molecule has 5 N–H and O–H groups in total. The summed E-state index contributed by atoms with van der Waals surface area (Å²) >= 11 is 5.74. The summed E-state index contributed by atoms with van der Waals surface area (Å²) < 4.78 is 0. The fraction of sp³-hybridized carbons (Fsp3) is 0.250. The highest BCUT2D eigenvalue weighted by Gasteiger charge is 2.21. The molecule has 1 atom stereocenters. The molecule has 0 saturated heterocycles. The number of anilines is 1. The summed E-state index contributed by atoms with van der Waals surface area (Å²) in [6.45, 7) is 0. The van der Waals surface area contributed by atoms with Crippen LogP contribution >= 0.6 is 11.6 Å². The van der Waals surface area contributed by atoms with Crippen molar-refractivity contribution in [3.63, 3.8) is 0 Å². The zero-order valence-corrected chi connectivity index (χ0v) is 11.1. The maximum Gasteiger partial charge on any atom is 0.326 e. The SMILES string of the molecule is Nc1cc(Cl)cc(C(=O)N[C@@H](CCC(=O)O)C(=O)O)c1. The number of carboxylic acids is 2. The Morgan fingerprint density at radius 3 is 2.40 bits per heavy atom. The second kappa shape index (κ2) is 6.76. The molecule has 0 unspecified atom stereocenters. The third-order valence-corrected chi connectivity index (χ3v) is 2.65. The molecule has 0 heterocycles. The van der Waals surface area contributed by atoms with E-state index in [1.165, 1.54) is 18.2 Å². The number of carbonyl (C=O) groups is 3. The van der Waals surface area contributed by atoms with Gasteiger partial charge in [-0.05, 0) is 24.6 Å². The molecular weight excluding hydrogens is 288 g/mol. The number of nitrogens with one attached hydrogen (secondary N) is 1. The summed E-state index contributed by atoms with van der Waals surface area (Å²) in [7, 11) is 0. The lowest BCUT2D eigenvalue weighted by molar-refractivity contribution is -0.140. The van der Waals surface area contributed by atoms with Gasteiger partial charge in [0.1, 0.15) is 6.04 Å². The predicted molar refractivity (Wildman–Crippen MR) is 71.6 cm³/mol. The van der Waals surface area contributed by atoms with Crippen molar-refractivity contribution in [2.75, 3.05) is 5.73 Å². The van der Waals surface area contributed by atoms with E-state index in [4.69, 9.17) is 27.5 Å². The van der Waals surface area contributed by atoms with Gasteiger partial charge in [-0.2, -0.15) is 0 Å². The molecule has 7 nitrogen and oxygen atoms in total. The number of hydrogen-bond acceptors (Lipinski definition) is 4. The molecule has 1 aromatic rings. The summed E-state index contributed by atoms with van der Waals surface area (Å²) in [6, 6.07) is 2.83. The average Bonchev–Trinajstić information content (AvgIpc) is 2.32. The van der Waals surface area contributed by atoms with Crippen molar-refractivity contribution < 1.29 is 24.6 Å². The molecule has 0 radical (unpaired) electrons. The van der Waals surface area contributed by atoms with E-state index in [2.05, 4.69) is 5.32 Å². The number of hydrogen-bond donors (Lipinski definition) is 4. The van der Waals surface area contributed by atoms with E-state index in [1.54, 1.807) is 0 Å². The van der Waals surface area contributed by atoms with Gasteiger partial charge in [-0.15, -0.1) is 0 Å². The van der Waals surface area contributed by atoms with Crippen LogP contribution in [-0.4, -0.2) is 34.1 Å². The van der Waals surface area contributed by atoms with E-state index in [1.807, 2.05) is 0 Å². The van der Waals surface area contributed by atoms with Gasteiger partial charge >= 0.3 is 11.9 Å². The Labute approximate surface area is 119 Å². The van der Waals surface area contributed by atoms with Crippen LogP contribution in [-0.2, 0) is 9.59 Å². The molecule has 1 amide bonds. The van der Waals surface area contributed by atoms with Gasteiger partial charge < -0.3 is 21.3 Å². The minimum absolute atomic E-state index is 0.108. The molecule has 108 valence electrons. The van der Waals surface area contributed by atoms with Crippen molar-refractivity contribution in [1.29, 1.82) is 0 Å². The fourth-order valence-corrected chi connectivity index (χ4v) is 1.75. The van der Waals surface area contributed by atoms with E-state index in [0.29, 0.717) is 0 Å². The molecule has 1 rings (SSSR count). The Balaban J connectivity index is 2.79. The number of halogens is 1. The van der Waals surface area contributed by atoms with Crippen LogP contribution in [0, 0.1) is 0 Å². The first kappa shape index (κ1) is 15.8. The average molecular weight is 301 g/mol. The molecular formula is C12H13ClN2O5. The van der Waals surface area contributed by atoms with E-state index < -0.39 is 23.9 Å². The first-order valence-electron chi connectivity index (χ1n) is 5.61. The number of rotatable bonds is 6. The van der Waals surface area contributed by atoms with E-state index in [0.717, 1.165) is 0 Å². The number of amides is 1. The molecule has 0 aromatic heterocycles. The minimum atomic E-state index is -1.31. The fourth-order valence-electron chi connectivity index (χ4n) is 1.51. The quantitative estimate of drug-likeness (QED) is 0.579. The number of benzene rings is 1. The zero-order chi connectivity index (χ0) is 15.3. The number of nitrogen functional groups attached to an aromatic ring is 1. The van der Waals surface area contributed by atoms with Crippen LogP contribution < -0.4 is 11.1 Å². The van der Waals surface area contributed by atoms with Crippen LogP contribution in [0.2, 0.25) is 5.02 Å². The first-order chi connectivity index (χ1) is 9.29. The lowest BCUT2D eigenvalue weighted by Gasteiger charge is -2.13. The molecule has 0 fully saturated rings. The smallest absolute Gasteiger partial charge is 0.326 e. The molecule has 0 aliphatic rings. The molecule has 0 bridgehead atoms. The first-order valence-corrected chi connectivity index (χ1v) is 5.99. The van der Waals surface area contributed by atoms with Crippen molar-refractivity contribution in [1.82, 2.24) is 5.32 Å². The Morgan fingerprint density at radius 2 is 1.90 bits per heavy atom. The monoisotopic (exact) mass is 300 g/mol. The van der Waals surface area contributed by atoms with Gasteiger partial charge in [0.15, 0.2) is 0 Å². The maximum absolute atomic E-state index is 11.9. The number of carbonyl (C=O) groups excluding carboxylic acids is 1. The summed E-state index contributed by atoms with van der Waals surface area (Å²) in [5.74, 6) is -3.14. The van der Waals surface area contributed by atoms with Gasteiger partial charge in [-0.3, -0.25) is 9.59 Å². The highest BCUT2D eigenvalue weighted by Crippen LogP contribution is 2.16. The normalized spacial score (nSPS) is 11.7. The van der Waals surface area contributed by atoms with Crippen molar-refractivity contribution >= 4 is 35.1 Å². The highest BCUT2D eigenvalue weighted by atomic mass is 35.5. The Hall–Kier alpha value is -2.28. The van der Waals surface area contributed by atoms with E-state index >= 15 is 0 Å². The van der Waals surface area contributed by atoms with Crippen LogP contribution in [0.3, 0.4) is 0 Å². The molecule has 20 heavy (non-hydrogen) atoms. The third kappa shape index (κ3) is 4.77. The Kier molecular flexibility index (Phi) is 5.33. The van der Waals surface area contributed by atoms with Crippen LogP contribution in [0.25, 0.3) is 0 Å². The Morgan fingerprint density at radius 1 is 1.25 bits per heavy atom. The van der Waals surface area contributed by atoms with Crippen molar-refractivity contribution in [3.8, 4) is 0 Å². The van der Waals surface area contributed by atoms with Gasteiger partial charge in [0.25, 0.3) is 5.91 Å². The maximum atomic E-state index is 11.9. The van der Waals surface area contributed by atoms with Crippen LogP contribution in [0.4, 0.5) is 5.69 Å². The third-order valence-electron chi connectivity index (χ3n) is 2.43. The molecule has 1 aromatic carbocycles. The van der Waals surface area contributed by atoms with Crippen LogP contribution in [0.15, 0.2) is 18.2 Å². The van der Waals surface area contributed by atoms with E-state index in [-0.39, 0.29) is 29.1 Å². The molecule has 0 aliphatic heterocycles. The van der Waals surface area contributed by atoms with Crippen LogP contribution in [0.5, 0.6) is 0 Å². The summed E-state index contributed by atoms with van der Waals surface area (Å²) in [5, 5.41) is 19.9. The predicted octanol–water partition coefficient (Wildman–Crippen LogP) is 0.970. The van der Waals surface area contributed by atoms with Gasteiger partial charge in [-0.25, -0.2) is 4.79 Å². The van der Waals surface area contributed by atoms with Crippen molar-refractivity contribution in [2.45, 2.75) is 18.9 Å². The number of aliphatic carboxylic acids is 2. The molecule has 8 heteroatoms. The second-order valence-electron chi connectivity index (χ2n) is 4.07. The summed E-state index contributed by atoms with van der Waals surface area (Å²) in [5.41, 5.74) is 5.90. The lowest BCUT2D eigenvalue weighted by atomic mass is 10.1. The zero-order valence-electron chi connectivity index (χ0n) is 10.3. The number of nitrogens with two attached hydrogens (primary N) is 1. The molecule has 0 saturated carbocycles. The highest BCUT2D eigenvalue weighted by molar-refractivity contribution is 6.31. The number of carboxylic acid groups (broad SMARTS) is 2. The van der Waals surface area contributed by atoms with Gasteiger partial charge in [-0.1, -0.05) is 11.6 Å².